The number of hydrogen-bond acceptors (Lipinski definition) is 4. The van der Waals surface area contributed by atoms with E-state index in [9.17, 15) is 13.2 Å². The summed E-state index contributed by atoms with van der Waals surface area (Å²) in [6.45, 7) is 0.988. The van der Waals surface area contributed by atoms with Crippen molar-refractivity contribution in [3.8, 4) is 0 Å². The Morgan fingerprint density at radius 3 is 2.53 bits per heavy atom. The molecule has 0 aliphatic carbocycles. The molecule has 0 aliphatic rings. The Morgan fingerprint density at radius 1 is 1.42 bits per heavy atom. The summed E-state index contributed by atoms with van der Waals surface area (Å²) in [5.41, 5.74) is 1.13. The van der Waals surface area contributed by atoms with Gasteiger partial charge in [0.25, 0.3) is 0 Å². The lowest BCUT2D eigenvalue weighted by Gasteiger charge is -2.17. The molecule has 1 N–H and O–H groups in total. The Bertz CT molecular complexity index is 571. The van der Waals surface area contributed by atoms with Gasteiger partial charge in [-0.15, -0.1) is 0 Å². The van der Waals surface area contributed by atoms with E-state index in [1.165, 1.54) is 12.3 Å². The molecule has 1 aromatic carbocycles. The van der Waals surface area contributed by atoms with Crippen LogP contribution in [0.15, 0.2) is 22.7 Å². The molecule has 19 heavy (non-hydrogen) atoms. The van der Waals surface area contributed by atoms with Crippen LogP contribution in [0.5, 0.6) is 0 Å². The number of benzene rings is 1. The topological polar surface area (TPSA) is 74.7 Å². The van der Waals surface area contributed by atoms with E-state index < -0.39 is 15.8 Å². The molecule has 0 radical (unpaired) electrons. The molecule has 106 valence electrons. The summed E-state index contributed by atoms with van der Waals surface area (Å²) in [5.74, 6) is -0.869. The van der Waals surface area contributed by atoms with Crippen molar-refractivity contribution >= 4 is 31.7 Å². The van der Waals surface area contributed by atoms with Gasteiger partial charge in [-0.25, -0.2) is 13.2 Å². The Balaban J connectivity index is 2.69. The third kappa shape index (κ3) is 5.71. The number of sulfone groups is 1. The summed E-state index contributed by atoms with van der Waals surface area (Å²) in [6, 6.07) is 4.80. The van der Waals surface area contributed by atoms with Crippen molar-refractivity contribution in [3.05, 3.63) is 33.8 Å². The molecule has 5 nitrogen and oxygen atoms in total. The highest BCUT2D eigenvalue weighted by Crippen LogP contribution is 2.20. The highest BCUT2D eigenvalue weighted by molar-refractivity contribution is 9.10. The van der Waals surface area contributed by atoms with E-state index in [1.54, 1.807) is 12.1 Å². The van der Waals surface area contributed by atoms with Gasteiger partial charge in [-0.1, -0.05) is 22.0 Å². The van der Waals surface area contributed by atoms with Gasteiger partial charge in [0.05, 0.1) is 11.3 Å². The minimum absolute atomic E-state index is 0.105. The monoisotopic (exact) mass is 349 g/mol. The van der Waals surface area contributed by atoms with Gasteiger partial charge in [0.1, 0.15) is 9.84 Å². The first kappa shape index (κ1) is 16.1. The van der Waals surface area contributed by atoms with Crippen molar-refractivity contribution in [2.45, 2.75) is 6.54 Å². The van der Waals surface area contributed by atoms with E-state index >= 15 is 0 Å². The van der Waals surface area contributed by atoms with Crippen molar-refractivity contribution in [2.75, 3.05) is 25.6 Å². The van der Waals surface area contributed by atoms with Crippen molar-refractivity contribution in [1.82, 2.24) is 4.90 Å². The Morgan fingerprint density at radius 2 is 2.05 bits per heavy atom. The van der Waals surface area contributed by atoms with Gasteiger partial charge in [0.15, 0.2) is 0 Å². The molecule has 0 heterocycles. The maximum atomic E-state index is 11.1. The maximum Gasteiger partial charge on any atom is 0.335 e. The average Bonchev–Trinajstić information content (AvgIpc) is 2.28. The SMILES string of the molecule is CN(CCS(C)(=O)=O)Cc1ccc(C(=O)O)cc1Br. The molecule has 0 spiro atoms. The van der Waals surface area contributed by atoms with Crippen LogP contribution >= 0.6 is 15.9 Å². The van der Waals surface area contributed by atoms with E-state index in [1.807, 2.05) is 11.9 Å². The van der Waals surface area contributed by atoms with Gasteiger partial charge in [-0.3, -0.25) is 0 Å². The molecule has 0 atom stereocenters. The smallest absolute Gasteiger partial charge is 0.335 e. The molecule has 0 unspecified atom stereocenters. The first-order valence-corrected chi connectivity index (χ1v) is 8.42. The molecule has 1 aromatic rings. The number of carbonyl (C=O) groups is 1. The molecule has 0 bridgehead atoms. The second-order valence-corrected chi connectivity index (χ2v) is 7.59. The van der Waals surface area contributed by atoms with Crippen LogP contribution in [0.4, 0.5) is 0 Å². The molecule has 0 aromatic heterocycles. The summed E-state index contributed by atoms with van der Waals surface area (Å²) in [5, 5.41) is 8.86. The average molecular weight is 350 g/mol. The standard InChI is InChI=1S/C12H16BrNO4S/c1-14(5-6-19(2,17)18)8-10-4-3-9(12(15)16)7-11(10)13/h3-4,7H,5-6,8H2,1-2H3,(H,15,16). The van der Waals surface area contributed by atoms with Gasteiger partial charge < -0.3 is 10.0 Å². The normalized spacial score (nSPS) is 11.8. The number of aromatic carboxylic acids is 1. The van der Waals surface area contributed by atoms with Gasteiger partial charge in [0, 0.05) is 23.8 Å². The quantitative estimate of drug-likeness (QED) is 0.844. The molecule has 1 rings (SSSR count). The molecular weight excluding hydrogens is 334 g/mol. The Kier molecular flexibility index (Phi) is 5.51. The van der Waals surface area contributed by atoms with Crippen LogP contribution in [0, 0.1) is 0 Å². The van der Waals surface area contributed by atoms with Crippen LogP contribution < -0.4 is 0 Å². The van der Waals surface area contributed by atoms with Gasteiger partial charge in [-0.2, -0.15) is 0 Å². The molecule has 0 amide bonds. The lowest BCUT2D eigenvalue weighted by Crippen LogP contribution is -2.25. The first-order chi connectivity index (χ1) is 8.69. The van der Waals surface area contributed by atoms with E-state index in [0.717, 1.165) is 5.56 Å². The molecule has 0 saturated carbocycles. The maximum absolute atomic E-state index is 11.1. The fraction of sp³-hybridized carbons (Fsp3) is 0.417. The van der Waals surface area contributed by atoms with Crippen LogP contribution in [0.2, 0.25) is 0 Å². The molecule has 0 aliphatic heterocycles. The van der Waals surface area contributed by atoms with Crippen molar-refractivity contribution in [1.29, 1.82) is 0 Å². The zero-order valence-electron chi connectivity index (χ0n) is 10.8. The fourth-order valence-corrected chi connectivity index (χ4v) is 2.65. The number of carboxylic acid groups (broad SMARTS) is 1. The van der Waals surface area contributed by atoms with E-state index in [-0.39, 0.29) is 11.3 Å². The van der Waals surface area contributed by atoms with E-state index in [4.69, 9.17) is 5.11 Å². The third-order valence-corrected chi connectivity index (χ3v) is 4.25. The van der Waals surface area contributed by atoms with E-state index in [2.05, 4.69) is 15.9 Å². The van der Waals surface area contributed by atoms with Crippen molar-refractivity contribution in [2.24, 2.45) is 0 Å². The summed E-state index contributed by atoms with van der Waals surface area (Å²) in [6.07, 6.45) is 1.21. The van der Waals surface area contributed by atoms with Crippen LogP contribution in [-0.2, 0) is 16.4 Å². The highest BCUT2D eigenvalue weighted by Gasteiger charge is 2.10. The highest BCUT2D eigenvalue weighted by atomic mass is 79.9. The molecular formula is C12H16BrNO4S. The lowest BCUT2D eigenvalue weighted by atomic mass is 10.1. The summed E-state index contributed by atoms with van der Waals surface area (Å²) >= 11 is 3.33. The Labute approximate surface area is 121 Å². The van der Waals surface area contributed by atoms with Crippen molar-refractivity contribution < 1.29 is 18.3 Å². The number of carboxylic acids is 1. The van der Waals surface area contributed by atoms with Gasteiger partial charge in [-0.05, 0) is 24.7 Å². The number of rotatable bonds is 6. The molecule has 0 saturated heterocycles. The van der Waals surface area contributed by atoms with Crippen LogP contribution in [-0.4, -0.2) is 50.0 Å². The predicted molar refractivity (Wildman–Crippen MR) is 77.1 cm³/mol. The van der Waals surface area contributed by atoms with Crippen molar-refractivity contribution in [3.63, 3.8) is 0 Å². The number of nitrogens with zero attached hydrogens (tertiary/aromatic N) is 1. The zero-order chi connectivity index (χ0) is 14.6. The summed E-state index contributed by atoms with van der Waals surface area (Å²) < 4.78 is 22.9. The third-order valence-electron chi connectivity index (χ3n) is 2.58. The molecule has 7 heteroatoms. The van der Waals surface area contributed by atoms with Crippen LogP contribution in [0.3, 0.4) is 0 Å². The summed E-state index contributed by atoms with van der Waals surface area (Å²) in [7, 11) is -1.15. The van der Waals surface area contributed by atoms with Crippen LogP contribution in [0.25, 0.3) is 0 Å². The fourth-order valence-electron chi connectivity index (χ4n) is 1.50. The second kappa shape index (κ2) is 6.49. The minimum atomic E-state index is -2.97. The predicted octanol–water partition coefficient (Wildman–Crippen LogP) is 1.62. The van der Waals surface area contributed by atoms with Gasteiger partial charge in [0.2, 0.25) is 0 Å². The second-order valence-electron chi connectivity index (χ2n) is 4.48. The van der Waals surface area contributed by atoms with Gasteiger partial charge >= 0.3 is 5.97 Å². The minimum Gasteiger partial charge on any atom is -0.478 e. The molecule has 0 fully saturated rings. The summed E-state index contributed by atoms with van der Waals surface area (Å²) in [4.78, 5) is 12.7. The zero-order valence-corrected chi connectivity index (χ0v) is 13.2. The first-order valence-electron chi connectivity index (χ1n) is 5.57. The van der Waals surface area contributed by atoms with Crippen LogP contribution in [0.1, 0.15) is 15.9 Å². The number of hydrogen-bond donors (Lipinski definition) is 1. The van der Waals surface area contributed by atoms with E-state index in [0.29, 0.717) is 17.6 Å². The lowest BCUT2D eigenvalue weighted by molar-refractivity contribution is 0.0696. The number of halogens is 1. The Hall–Kier alpha value is -0.920. The largest absolute Gasteiger partial charge is 0.478 e.